The third kappa shape index (κ3) is 5.32. The van der Waals surface area contributed by atoms with Crippen molar-refractivity contribution in [2.24, 2.45) is 0 Å². The molecule has 3 nitrogen and oxygen atoms in total. The van der Waals surface area contributed by atoms with E-state index < -0.39 is 50.9 Å². The number of nitrogens with zero attached hydrogens (tertiary/aromatic N) is 1. The van der Waals surface area contributed by atoms with Crippen LogP contribution in [0, 0.1) is 0 Å². The SMILES string of the molecule is CC(C)(C)[S@](=O)N[C@@H](c1ccc(C(F)(F)F)cc1)c1ncccc1C(F)(F)F. The van der Waals surface area contributed by atoms with E-state index in [0.29, 0.717) is 0 Å². The molecule has 0 aliphatic carbocycles. The first-order valence-electron chi connectivity index (χ1n) is 8.08. The highest BCUT2D eigenvalue weighted by molar-refractivity contribution is 7.84. The summed E-state index contributed by atoms with van der Waals surface area (Å²) < 4.78 is 93.0. The Morgan fingerprint density at radius 2 is 1.50 bits per heavy atom. The molecule has 0 aliphatic rings. The summed E-state index contributed by atoms with van der Waals surface area (Å²) in [4.78, 5) is 3.79. The van der Waals surface area contributed by atoms with Gasteiger partial charge in [0.1, 0.15) is 0 Å². The van der Waals surface area contributed by atoms with Crippen LogP contribution in [0.5, 0.6) is 0 Å². The van der Waals surface area contributed by atoms with Gasteiger partial charge in [0.05, 0.1) is 38.6 Å². The number of alkyl halides is 6. The van der Waals surface area contributed by atoms with E-state index >= 15 is 0 Å². The summed E-state index contributed by atoms with van der Waals surface area (Å²) in [5.74, 6) is 0. The highest BCUT2D eigenvalue weighted by Gasteiger charge is 2.38. The lowest BCUT2D eigenvalue weighted by Gasteiger charge is -2.26. The molecule has 28 heavy (non-hydrogen) atoms. The molecule has 1 heterocycles. The van der Waals surface area contributed by atoms with Gasteiger partial charge in [-0.1, -0.05) is 12.1 Å². The molecule has 0 amide bonds. The molecule has 0 saturated heterocycles. The van der Waals surface area contributed by atoms with E-state index in [0.717, 1.165) is 42.6 Å². The third-order valence-electron chi connectivity index (χ3n) is 3.77. The number of benzene rings is 1. The smallest absolute Gasteiger partial charge is 0.259 e. The number of aromatic nitrogens is 1. The Balaban J connectivity index is 2.58. The van der Waals surface area contributed by atoms with Crippen LogP contribution in [-0.4, -0.2) is 13.9 Å². The van der Waals surface area contributed by atoms with Crippen molar-refractivity contribution in [1.29, 1.82) is 0 Å². The molecule has 0 aliphatic heterocycles. The van der Waals surface area contributed by atoms with Gasteiger partial charge in [0.15, 0.2) is 0 Å². The summed E-state index contributed by atoms with van der Waals surface area (Å²) in [6.45, 7) is 4.84. The quantitative estimate of drug-likeness (QED) is 0.681. The average molecular weight is 424 g/mol. The minimum Gasteiger partial charge on any atom is -0.259 e. The fourth-order valence-corrected chi connectivity index (χ4v) is 3.13. The molecule has 1 aromatic carbocycles. The van der Waals surface area contributed by atoms with Gasteiger partial charge in [-0.2, -0.15) is 26.3 Å². The maximum absolute atomic E-state index is 13.4. The molecular weight excluding hydrogens is 406 g/mol. The van der Waals surface area contributed by atoms with Gasteiger partial charge < -0.3 is 0 Å². The molecule has 2 rings (SSSR count). The molecular formula is C18H18F6N2OS. The normalized spacial score (nSPS) is 15.3. The van der Waals surface area contributed by atoms with Crippen LogP contribution in [0.3, 0.4) is 0 Å². The van der Waals surface area contributed by atoms with Crippen molar-refractivity contribution < 1.29 is 30.6 Å². The highest BCUT2D eigenvalue weighted by atomic mass is 32.2. The third-order valence-corrected chi connectivity index (χ3v) is 5.33. The van der Waals surface area contributed by atoms with E-state index in [1.165, 1.54) is 0 Å². The van der Waals surface area contributed by atoms with E-state index in [1.54, 1.807) is 20.8 Å². The molecule has 0 fully saturated rings. The van der Waals surface area contributed by atoms with E-state index in [2.05, 4.69) is 9.71 Å². The van der Waals surface area contributed by atoms with E-state index in [-0.39, 0.29) is 5.56 Å². The van der Waals surface area contributed by atoms with Crippen LogP contribution in [0.15, 0.2) is 42.6 Å². The summed E-state index contributed by atoms with van der Waals surface area (Å²) in [5, 5.41) is 0. The van der Waals surface area contributed by atoms with Gasteiger partial charge in [0.25, 0.3) is 0 Å². The second-order valence-electron chi connectivity index (χ2n) is 6.99. The lowest BCUT2D eigenvalue weighted by atomic mass is 9.98. The Bertz CT molecular complexity index is 841. The van der Waals surface area contributed by atoms with Gasteiger partial charge in [-0.15, -0.1) is 0 Å². The Kier molecular flexibility index (Phi) is 6.25. The van der Waals surface area contributed by atoms with Gasteiger partial charge in [-0.05, 0) is 50.6 Å². The van der Waals surface area contributed by atoms with Gasteiger partial charge >= 0.3 is 12.4 Å². The summed E-state index contributed by atoms with van der Waals surface area (Å²) in [6, 6.07) is 4.24. The first kappa shape index (κ1) is 22.4. The second kappa shape index (κ2) is 7.82. The monoisotopic (exact) mass is 424 g/mol. The van der Waals surface area contributed by atoms with Gasteiger partial charge in [0.2, 0.25) is 0 Å². The Morgan fingerprint density at radius 1 is 0.929 bits per heavy atom. The number of hydrogen-bond acceptors (Lipinski definition) is 2. The molecule has 2 atom stereocenters. The number of hydrogen-bond donors (Lipinski definition) is 1. The largest absolute Gasteiger partial charge is 0.418 e. The molecule has 154 valence electrons. The Labute approximate surface area is 160 Å². The van der Waals surface area contributed by atoms with Crippen LogP contribution < -0.4 is 4.72 Å². The van der Waals surface area contributed by atoms with Crippen LogP contribution in [0.25, 0.3) is 0 Å². The summed E-state index contributed by atoms with van der Waals surface area (Å²) in [7, 11) is -1.81. The van der Waals surface area contributed by atoms with Gasteiger partial charge in [-0.3, -0.25) is 4.98 Å². The van der Waals surface area contributed by atoms with Gasteiger partial charge in [-0.25, -0.2) is 8.93 Å². The Hall–Kier alpha value is -1.94. The van der Waals surface area contributed by atoms with Crippen molar-refractivity contribution in [1.82, 2.24) is 9.71 Å². The topological polar surface area (TPSA) is 42.0 Å². The number of halogens is 6. The zero-order valence-corrected chi connectivity index (χ0v) is 16.0. The van der Waals surface area contributed by atoms with Crippen molar-refractivity contribution in [3.8, 4) is 0 Å². The molecule has 0 radical (unpaired) electrons. The standard InChI is InChI=1S/C18H18F6N2OS/c1-16(2,3)28(27)26-14(11-6-8-12(9-7-11)17(19,20)21)15-13(18(22,23)24)5-4-10-25-15/h4-10,14,26H,1-3H3/t14-,28-/m0/s1. The second-order valence-corrected chi connectivity index (χ2v) is 8.98. The van der Waals surface area contributed by atoms with Crippen LogP contribution in [0.4, 0.5) is 26.3 Å². The molecule has 2 aromatic rings. The maximum Gasteiger partial charge on any atom is 0.418 e. The molecule has 0 unspecified atom stereocenters. The number of pyridine rings is 1. The minimum atomic E-state index is -4.74. The lowest BCUT2D eigenvalue weighted by molar-refractivity contribution is -0.139. The van der Waals surface area contributed by atoms with Crippen LogP contribution in [0.1, 0.15) is 49.2 Å². The highest BCUT2D eigenvalue weighted by Crippen LogP contribution is 2.37. The molecule has 1 aromatic heterocycles. The predicted molar refractivity (Wildman–Crippen MR) is 93.6 cm³/mol. The maximum atomic E-state index is 13.4. The van der Waals surface area contributed by atoms with E-state index in [4.69, 9.17) is 0 Å². The molecule has 0 saturated carbocycles. The first-order valence-corrected chi connectivity index (χ1v) is 9.23. The summed E-state index contributed by atoms with van der Waals surface area (Å²) in [6.07, 6.45) is -8.18. The van der Waals surface area contributed by atoms with Gasteiger partial charge in [0, 0.05) is 6.20 Å². The van der Waals surface area contributed by atoms with Crippen molar-refractivity contribution in [2.75, 3.05) is 0 Å². The fourth-order valence-electron chi connectivity index (χ4n) is 2.32. The summed E-state index contributed by atoms with van der Waals surface area (Å²) >= 11 is 0. The molecule has 1 N–H and O–H groups in total. The number of nitrogens with one attached hydrogen (secondary N) is 1. The van der Waals surface area contributed by atoms with E-state index in [9.17, 15) is 30.6 Å². The Morgan fingerprint density at radius 3 is 1.96 bits per heavy atom. The average Bonchev–Trinajstić information content (AvgIpc) is 2.57. The lowest BCUT2D eigenvalue weighted by Crippen LogP contribution is -2.37. The fraction of sp³-hybridized carbons (Fsp3) is 0.389. The predicted octanol–water partition coefficient (Wildman–Crippen LogP) is 5.26. The van der Waals surface area contributed by atoms with E-state index in [1.807, 2.05) is 0 Å². The van der Waals surface area contributed by atoms with Crippen molar-refractivity contribution in [3.63, 3.8) is 0 Å². The molecule has 10 heteroatoms. The van der Waals surface area contributed by atoms with Crippen LogP contribution in [0.2, 0.25) is 0 Å². The zero-order valence-electron chi connectivity index (χ0n) is 15.2. The van der Waals surface area contributed by atoms with Crippen molar-refractivity contribution in [2.45, 2.75) is 43.9 Å². The zero-order chi connectivity index (χ0) is 21.3. The van der Waals surface area contributed by atoms with Crippen molar-refractivity contribution in [3.05, 3.63) is 65.0 Å². The first-order chi connectivity index (χ1) is 12.7. The minimum absolute atomic E-state index is 0.0785. The molecule has 0 spiro atoms. The van der Waals surface area contributed by atoms with Crippen LogP contribution >= 0.6 is 0 Å². The van der Waals surface area contributed by atoms with Crippen LogP contribution in [-0.2, 0) is 23.3 Å². The van der Waals surface area contributed by atoms with Crippen molar-refractivity contribution >= 4 is 11.0 Å². The number of rotatable bonds is 4. The molecule has 0 bridgehead atoms. The summed E-state index contributed by atoms with van der Waals surface area (Å²) in [5.41, 5.74) is -2.38.